The van der Waals surface area contributed by atoms with E-state index in [1.807, 2.05) is 31.2 Å². The molecule has 7 heteroatoms. The van der Waals surface area contributed by atoms with Crippen LogP contribution in [0, 0.1) is 6.92 Å². The number of rotatable bonds is 4. The number of nitrogens with one attached hydrogen (secondary N) is 2. The highest BCUT2D eigenvalue weighted by Crippen LogP contribution is 2.32. The van der Waals surface area contributed by atoms with Crippen LogP contribution in [0.4, 0.5) is 24.8 Å². The average Bonchev–Trinajstić information content (AvgIpc) is 2.45. The first kappa shape index (κ1) is 15.1. The van der Waals surface area contributed by atoms with Crippen molar-refractivity contribution in [2.75, 3.05) is 10.7 Å². The average molecular weight is 296 g/mol. The van der Waals surface area contributed by atoms with Gasteiger partial charge in [0.2, 0.25) is 0 Å². The highest BCUT2D eigenvalue weighted by Gasteiger charge is 2.31. The zero-order valence-electron chi connectivity index (χ0n) is 11.3. The van der Waals surface area contributed by atoms with Gasteiger partial charge in [0, 0.05) is 6.54 Å². The Kier molecular flexibility index (Phi) is 4.32. The Morgan fingerprint density at radius 1 is 1.14 bits per heavy atom. The predicted molar refractivity (Wildman–Crippen MR) is 75.6 cm³/mol. The summed E-state index contributed by atoms with van der Waals surface area (Å²) in [6.45, 7) is 2.31. The van der Waals surface area contributed by atoms with Gasteiger partial charge in [0.25, 0.3) is 0 Å². The maximum atomic E-state index is 12.8. The molecule has 21 heavy (non-hydrogen) atoms. The van der Waals surface area contributed by atoms with Gasteiger partial charge in [0.1, 0.15) is 11.6 Å². The molecule has 0 atom stereocenters. The lowest BCUT2D eigenvalue weighted by atomic mass is 10.1. The summed E-state index contributed by atoms with van der Waals surface area (Å²) >= 11 is 0. The molecule has 0 spiro atoms. The summed E-state index contributed by atoms with van der Waals surface area (Å²) in [4.78, 5) is 3.96. The fourth-order valence-corrected chi connectivity index (χ4v) is 1.85. The molecule has 112 valence electrons. The third kappa shape index (κ3) is 3.85. The van der Waals surface area contributed by atoms with Gasteiger partial charge in [-0.1, -0.05) is 24.3 Å². The maximum absolute atomic E-state index is 12.8. The van der Waals surface area contributed by atoms with Crippen LogP contribution in [0.5, 0.6) is 0 Å². The molecule has 0 fully saturated rings. The SMILES string of the molecule is Cc1ccccc1CNc1cc(C(F)(F)F)cc(NN)n1. The van der Waals surface area contributed by atoms with Crippen molar-refractivity contribution in [1.29, 1.82) is 0 Å². The van der Waals surface area contributed by atoms with Gasteiger partial charge in [-0.05, 0) is 30.2 Å². The first-order chi connectivity index (χ1) is 9.90. The molecule has 2 rings (SSSR count). The number of aryl methyl sites for hydroxylation is 1. The lowest BCUT2D eigenvalue weighted by Crippen LogP contribution is -2.14. The van der Waals surface area contributed by atoms with Crippen LogP contribution in [-0.4, -0.2) is 4.98 Å². The minimum absolute atomic E-state index is 0.0443. The fourth-order valence-electron chi connectivity index (χ4n) is 1.85. The lowest BCUT2D eigenvalue weighted by Gasteiger charge is -2.13. The number of halogens is 3. The minimum Gasteiger partial charge on any atom is -0.366 e. The first-order valence-corrected chi connectivity index (χ1v) is 6.24. The number of hydrogen-bond acceptors (Lipinski definition) is 4. The van der Waals surface area contributed by atoms with E-state index < -0.39 is 11.7 Å². The first-order valence-electron chi connectivity index (χ1n) is 6.24. The summed E-state index contributed by atoms with van der Waals surface area (Å²) < 4.78 is 38.4. The third-order valence-electron chi connectivity index (χ3n) is 3.02. The second kappa shape index (κ2) is 6.01. The fraction of sp³-hybridized carbons (Fsp3) is 0.214. The van der Waals surface area contributed by atoms with Gasteiger partial charge >= 0.3 is 6.18 Å². The zero-order chi connectivity index (χ0) is 15.5. The van der Waals surface area contributed by atoms with Crippen molar-refractivity contribution in [1.82, 2.24) is 4.98 Å². The van der Waals surface area contributed by atoms with E-state index in [1.54, 1.807) is 0 Å². The number of alkyl halides is 3. The van der Waals surface area contributed by atoms with Crippen molar-refractivity contribution in [3.05, 3.63) is 53.1 Å². The number of nitrogens with two attached hydrogens (primary N) is 1. The topological polar surface area (TPSA) is 63.0 Å². The molecule has 0 unspecified atom stereocenters. The number of hydrazine groups is 1. The summed E-state index contributed by atoms with van der Waals surface area (Å²) in [6.07, 6.45) is -4.45. The molecule has 4 N–H and O–H groups in total. The molecule has 2 aromatic rings. The molecule has 0 radical (unpaired) electrons. The molecule has 1 aromatic carbocycles. The van der Waals surface area contributed by atoms with Gasteiger partial charge in [-0.25, -0.2) is 10.8 Å². The molecule has 0 saturated carbocycles. The van der Waals surface area contributed by atoms with E-state index >= 15 is 0 Å². The zero-order valence-corrected chi connectivity index (χ0v) is 11.3. The van der Waals surface area contributed by atoms with E-state index in [2.05, 4.69) is 15.7 Å². The molecule has 1 aromatic heterocycles. The van der Waals surface area contributed by atoms with Crippen molar-refractivity contribution in [3.8, 4) is 0 Å². The highest BCUT2D eigenvalue weighted by atomic mass is 19.4. The molecule has 0 amide bonds. The molecule has 0 aliphatic rings. The molecule has 0 aliphatic heterocycles. The van der Waals surface area contributed by atoms with E-state index in [0.29, 0.717) is 6.54 Å². The summed E-state index contributed by atoms with van der Waals surface area (Å²) in [5, 5.41) is 2.88. The summed E-state index contributed by atoms with van der Waals surface area (Å²) in [5.74, 6) is 5.22. The standard InChI is InChI=1S/C14H15F3N4/c1-9-4-2-3-5-10(9)8-19-12-6-11(14(15,16)17)7-13(20-12)21-18/h2-7H,8,18H2,1H3,(H2,19,20,21). The smallest absolute Gasteiger partial charge is 0.366 e. The van der Waals surface area contributed by atoms with Crippen molar-refractivity contribution in [3.63, 3.8) is 0 Å². The van der Waals surface area contributed by atoms with Gasteiger partial charge < -0.3 is 10.7 Å². The van der Waals surface area contributed by atoms with Crippen LogP contribution >= 0.6 is 0 Å². The van der Waals surface area contributed by atoms with Crippen LogP contribution in [0.15, 0.2) is 36.4 Å². The quantitative estimate of drug-likeness (QED) is 0.598. The second-order valence-corrected chi connectivity index (χ2v) is 4.55. The van der Waals surface area contributed by atoms with E-state index in [-0.39, 0.29) is 11.6 Å². The molecule has 0 saturated heterocycles. The molecular weight excluding hydrogens is 281 g/mol. The Balaban J connectivity index is 2.22. The Bertz CT molecular complexity index is 626. The predicted octanol–water partition coefficient (Wildman–Crippen LogP) is 3.31. The number of aromatic nitrogens is 1. The Morgan fingerprint density at radius 2 is 1.81 bits per heavy atom. The maximum Gasteiger partial charge on any atom is 0.416 e. The second-order valence-electron chi connectivity index (χ2n) is 4.55. The summed E-state index contributed by atoms with van der Waals surface area (Å²) in [7, 11) is 0. The van der Waals surface area contributed by atoms with Crippen LogP contribution in [-0.2, 0) is 12.7 Å². The molecular formula is C14H15F3N4. The van der Waals surface area contributed by atoms with Gasteiger partial charge in [-0.3, -0.25) is 0 Å². The van der Waals surface area contributed by atoms with Crippen LogP contribution in [0.25, 0.3) is 0 Å². The summed E-state index contributed by atoms with van der Waals surface area (Å²) in [6, 6.07) is 9.42. The minimum atomic E-state index is -4.45. The number of hydrogen-bond donors (Lipinski definition) is 3. The Labute approximate surface area is 120 Å². The number of nitrogen functional groups attached to an aromatic ring is 1. The van der Waals surface area contributed by atoms with Crippen LogP contribution in [0.1, 0.15) is 16.7 Å². The monoisotopic (exact) mass is 296 g/mol. The third-order valence-corrected chi connectivity index (χ3v) is 3.02. The Hall–Kier alpha value is -2.28. The number of nitrogens with zero attached hydrogens (tertiary/aromatic N) is 1. The van der Waals surface area contributed by atoms with Crippen LogP contribution in [0.2, 0.25) is 0 Å². The highest BCUT2D eigenvalue weighted by molar-refractivity contribution is 5.49. The van der Waals surface area contributed by atoms with Gasteiger partial charge in [-0.15, -0.1) is 0 Å². The van der Waals surface area contributed by atoms with Gasteiger partial charge in [0.15, 0.2) is 0 Å². The molecule has 0 aliphatic carbocycles. The Morgan fingerprint density at radius 3 is 2.43 bits per heavy atom. The van der Waals surface area contributed by atoms with Crippen LogP contribution < -0.4 is 16.6 Å². The number of pyridine rings is 1. The van der Waals surface area contributed by atoms with Crippen molar-refractivity contribution in [2.24, 2.45) is 5.84 Å². The number of anilines is 2. The van der Waals surface area contributed by atoms with E-state index in [1.165, 1.54) is 0 Å². The van der Waals surface area contributed by atoms with Crippen molar-refractivity contribution < 1.29 is 13.2 Å². The van der Waals surface area contributed by atoms with Crippen molar-refractivity contribution in [2.45, 2.75) is 19.6 Å². The van der Waals surface area contributed by atoms with E-state index in [0.717, 1.165) is 23.3 Å². The van der Waals surface area contributed by atoms with E-state index in [4.69, 9.17) is 5.84 Å². The number of benzene rings is 1. The lowest BCUT2D eigenvalue weighted by molar-refractivity contribution is -0.137. The summed E-state index contributed by atoms with van der Waals surface area (Å²) in [5.41, 5.74) is 3.37. The largest absolute Gasteiger partial charge is 0.416 e. The van der Waals surface area contributed by atoms with E-state index in [9.17, 15) is 13.2 Å². The van der Waals surface area contributed by atoms with Crippen molar-refractivity contribution >= 4 is 11.6 Å². The van der Waals surface area contributed by atoms with Gasteiger partial charge in [0.05, 0.1) is 5.56 Å². The molecule has 4 nitrogen and oxygen atoms in total. The van der Waals surface area contributed by atoms with Gasteiger partial charge in [-0.2, -0.15) is 13.2 Å². The normalized spacial score (nSPS) is 11.3. The molecule has 0 bridgehead atoms. The molecule has 1 heterocycles. The van der Waals surface area contributed by atoms with Crippen LogP contribution in [0.3, 0.4) is 0 Å².